The summed E-state index contributed by atoms with van der Waals surface area (Å²) in [6.07, 6.45) is 2.38. The van der Waals surface area contributed by atoms with Gasteiger partial charge in [0, 0.05) is 12.3 Å². The molecule has 3 aromatic rings. The average Bonchev–Trinajstić information content (AvgIpc) is 3.02. The van der Waals surface area contributed by atoms with Crippen molar-refractivity contribution in [3.63, 3.8) is 0 Å². The maximum Gasteiger partial charge on any atom is 0.257 e. The summed E-state index contributed by atoms with van der Waals surface area (Å²) in [4.78, 5) is 30.9. The molecule has 0 saturated heterocycles. The summed E-state index contributed by atoms with van der Waals surface area (Å²) in [7, 11) is 0. The normalized spacial score (nSPS) is 12.3. The van der Waals surface area contributed by atoms with Gasteiger partial charge in [-0.25, -0.2) is 13.8 Å². The Kier molecular flexibility index (Phi) is 3.61. The van der Waals surface area contributed by atoms with Crippen LogP contribution in [-0.2, 0) is 0 Å². The van der Waals surface area contributed by atoms with Crippen LogP contribution < -0.4 is 10.7 Å². The highest BCUT2D eigenvalue weighted by Gasteiger charge is 2.18. The molecule has 118 valence electrons. The summed E-state index contributed by atoms with van der Waals surface area (Å²) < 4.78 is 26.9. The second-order valence-electron chi connectivity index (χ2n) is 4.91. The van der Waals surface area contributed by atoms with Crippen LogP contribution in [0.25, 0.3) is 10.9 Å². The smallest absolute Gasteiger partial charge is 0.257 e. The summed E-state index contributed by atoms with van der Waals surface area (Å²) in [6.45, 7) is 1.65. The van der Waals surface area contributed by atoms with Gasteiger partial charge in [0.25, 0.3) is 5.91 Å². The minimum Gasteiger partial charge on any atom is -0.358 e. The van der Waals surface area contributed by atoms with Crippen LogP contribution >= 0.6 is 0 Å². The molecule has 1 atom stereocenters. The molecule has 0 saturated carbocycles. The van der Waals surface area contributed by atoms with E-state index in [4.69, 9.17) is 0 Å². The SMILES string of the molecule is CC(NC(=O)c1c[nH]c2c(F)cc(F)cc2c1=O)c1ncn[nH]1. The summed E-state index contributed by atoms with van der Waals surface area (Å²) >= 11 is 0. The lowest BCUT2D eigenvalue weighted by Gasteiger charge is -2.11. The fraction of sp³-hybridized carbons (Fsp3) is 0.143. The fourth-order valence-electron chi connectivity index (χ4n) is 2.19. The third kappa shape index (κ3) is 2.68. The molecule has 23 heavy (non-hydrogen) atoms. The first kappa shape index (κ1) is 14.8. The summed E-state index contributed by atoms with van der Waals surface area (Å²) in [5, 5.41) is 8.57. The highest BCUT2D eigenvalue weighted by atomic mass is 19.1. The molecule has 0 bridgehead atoms. The van der Waals surface area contributed by atoms with Crippen LogP contribution in [0.5, 0.6) is 0 Å². The third-order valence-electron chi connectivity index (χ3n) is 3.34. The zero-order chi connectivity index (χ0) is 16.6. The Morgan fingerprint density at radius 2 is 2.13 bits per heavy atom. The molecule has 0 radical (unpaired) electrons. The van der Waals surface area contributed by atoms with Crippen LogP contribution in [0.3, 0.4) is 0 Å². The number of hydrogen-bond donors (Lipinski definition) is 3. The van der Waals surface area contributed by atoms with Gasteiger partial charge in [0.15, 0.2) is 0 Å². The third-order valence-corrected chi connectivity index (χ3v) is 3.34. The van der Waals surface area contributed by atoms with E-state index in [-0.39, 0.29) is 16.5 Å². The van der Waals surface area contributed by atoms with Crippen molar-refractivity contribution in [3.8, 4) is 0 Å². The maximum atomic E-state index is 13.6. The van der Waals surface area contributed by atoms with E-state index in [1.54, 1.807) is 6.92 Å². The highest BCUT2D eigenvalue weighted by molar-refractivity contribution is 5.97. The molecule has 9 heteroatoms. The Morgan fingerprint density at radius 3 is 2.83 bits per heavy atom. The van der Waals surface area contributed by atoms with Crippen LogP contribution in [-0.4, -0.2) is 26.1 Å². The lowest BCUT2D eigenvalue weighted by molar-refractivity contribution is 0.0937. The van der Waals surface area contributed by atoms with Crippen molar-refractivity contribution in [1.29, 1.82) is 0 Å². The number of hydrogen-bond acceptors (Lipinski definition) is 4. The summed E-state index contributed by atoms with van der Waals surface area (Å²) in [5.41, 5.74) is -1.18. The lowest BCUT2D eigenvalue weighted by atomic mass is 10.1. The molecule has 0 aliphatic rings. The number of aromatic nitrogens is 4. The monoisotopic (exact) mass is 319 g/mol. The van der Waals surface area contributed by atoms with Gasteiger partial charge < -0.3 is 10.3 Å². The van der Waals surface area contributed by atoms with Crippen molar-refractivity contribution >= 4 is 16.8 Å². The van der Waals surface area contributed by atoms with Gasteiger partial charge in [0.2, 0.25) is 5.43 Å². The highest BCUT2D eigenvalue weighted by Crippen LogP contribution is 2.15. The predicted octanol–water partition coefficient (Wildman–Crippen LogP) is 1.42. The number of rotatable bonds is 3. The van der Waals surface area contributed by atoms with E-state index in [0.717, 1.165) is 12.3 Å². The Bertz CT molecular complexity index is 936. The molecule has 3 N–H and O–H groups in total. The molecule has 0 aliphatic carbocycles. The Hall–Kier alpha value is -3.10. The number of benzene rings is 1. The molecule has 2 heterocycles. The molecule has 0 aliphatic heterocycles. The Labute approximate surface area is 127 Å². The first-order valence-corrected chi connectivity index (χ1v) is 6.64. The van der Waals surface area contributed by atoms with Crippen molar-refractivity contribution in [2.24, 2.45) is 0 Å². The van der Waals surface area contributed by atoms with E-state index in [0.29, 0.717) is 11.9 Å². The summed E-state index contributed by atoms with van der Waals surface area (Å²) in [6, 6.07) is 1.02. The van der Waals surface area contributed by atoms with E-state index < -0.39 is 29.0 Å². The molecule has 3 rings (SSSR count). The van der Waals surface area contributed by atoms with Crippen molar-refractivity contribution in [2.75, 3.05) is 0 Å². The zero-order valence-corrected chi connectivity index (χ0v) is 11.9. The van der Waals surface area contributed by atoms with Gasteiger partial charge in [-0.3, -0.25) is 14.7 Å². The first-order chi connectivity index (χ1) is 11.0. The number of amides is 1. The number of fused-ring (bicyclic) bond motifs is 1. The van der Waals surface area contributed by atoms with Gasteiger partial charge in [-0.1, -0.05) is 0 Å². The van der Waals surface area contributed by atoms with Crippen molar-refractivity contribution < 1.29 is 13.6 Å². The van der Waals surface area contributed by atoms with Gasteiger partial charge in [0.05, 0.1) is 16.9 Å². The Morgan fingerprint density at radius 1 is 1.35 bits per heavy atom. The molecule has 1 aromatic carbocycles. The van der Waals surface area contributed by atoms with E-state index >= 15 is 0 Å². The van der Waals surface area contributed by atoms with E-state index in [2.05, 4.69) is 25.5 Å². The number of aromatic amines is 2. The van der Waals surface area contributed by atoms with Crippen LogP contribution in [0.1, 0.15) is 29.1 Å². The van der Waals surface area contributed by atoms with Gasteiger partial charge in [-0.2, -0.15) is 5.10 Å². The minimum absolute atomic E-state index is 0.156. The second kappa shape index (κ2) is 5.59. The second-order valence-corrected chi connectivity index (χ2v) is 4.91. The van der Waals surface area contributed by atoms with Crippen molar-refractivity contribution in [1.82, 2.24) is 25.5 Å². The van der Waals surface area contributed by atoms with Gasteiger partial charge in [0.1, 0.15) is 29.3 Å². The van der Waals surface area contributed by atoms with E-state index in [1.165, 1.54) is 6.33 Å². The number of carbonyl (C=O) groups is 1. The Balaban J connectivity index is 1.98. The lowest BCUT2D eigenvalue weighted by Crippen LogP contribution is -2.31. The molecule has 1 unspecified atom stereocenters. The van der Waals surface area contributed by atoms with Crippen LogP contribution in [0.2, 0.25) is 0 Å². The van der Waals surface area contributed by atoms with Crippen LogP contribution in [0.15, 0.2) is 29.5 Å². The van der Waals surface area contributed by atoms with Crippen LogP contribution in [0, 0.1) is 11.6 Å². The number of pyridine rings is 1. The molecule has 0 fully saturated rings. The first-order valence-electron chi connectivity index (χ1n) is 6.64. The van der Waals surface area contributed by atoms with Crippen molar-refractivity contribution in [3.05, 3.63) is 57.9 Å². The van der Waals surface area contributed by atoms with Crippen LogP contribution in [0.4, 0.5) is 8.78 Å². The topological polar surface area (TPSA) is 104 Å². The average molecular weight is 319 g/mol. The maximum absolute atomic E-state index is 13.6. The van der Waals surface area contributed by atoms with Gasteiger partial charge >= 0.3 is 0 Å². The minimum atomic E-state index is -0.904. The quantitative estimate of drug-likeness (QED) is 0.679. The van der Waals surface area contributed by atoms with Gasteiger partial charge in [-0.05, 0) is 13.0 Å². The molecular formula is C14H11F2N5O2. The van der Waals surface area contributed by atoms with Crippen molar-refractivity contribution in [2.45, 2.75) is 13.0 Å². The number of H-pyrrole nitrogens is 2. The molecule has 2 aromatic heterocycles. The van der Waals surface area contributed by atoms with E-state index in [9.17, 15) is 18.4 Å². The zero-order valence-electron chi connectivity index (χ0n) is 11.9. The number of carbonyl (C=O) groups excluding carboxylic acids is 1. The largest absolute Gasteiger partial charge is 0.358 e. The molecule has 1 amide bonds. The molecule has 7 nitrogen and oxygen atoms in total. The number of nitrogens with zero attached hydrogens (tertiary/aromatic N) is 2. The standard InChI is InChI=1S/C14H11F2N5O2/c1-6(13-18-5-19-21-13)20-14(23)9-4-17-11-8(12(9)22)2-7(15)3-10(11)16/h2-6H,1H3,(H,17,22)(H,20,23)(H,18,19,21). The number of halogens is 2. The number of nitrogens with one attached hydrogen (secondary N) is 3. The summed E-state index contributed by atoms with van der Waals surface area (Å²) in [5.74, 6) is -2.08. The molecular weight excluding hydrogens is 308 g/mol. The molecule has 0 spiro atoms. The predicted molar refractivity (Wildman–Crippen MR) is 76.7 cm³/mol. The van der Waals surface area contributed by atoms with Gasteiger partial charge in [-0.15, -0.1) is 0 Å². The fourth-order valence-corrected chi connectivity index (χ4v) is 2.19. The van der Waals surface area contributed by atoms with E-state index in [1.807, 2.05) is 0 Å².